The Morgan fingerprint density at radius 1 is 1.33 bits per heavy atom. The molecule has 128 valence electrons. The van der Waals surface area contributed by atoms with E-state index in [4.69, 9.17) is 0 Å². The van der Waals surface area contributed by atoms with Crippen molar-refractivity contribution < 1.29 is 0 Å². The van der Waals surface area contributed by atoms with E-state index in [1.54, 1.807) is 0 Å². The highest BCUT2D eigenvalue weighted by atomic mass is 15.1. The van der Waals surface area contributed by atoms with E-state index < -0.39 is 0 Å². The maximum atomic E-state index is 4.01. The molecule has 2 heteroatoms. The van der Waals surface area contributed by atoms with Gasteiger partial charge in [0, 0.05) is 37.4 Å². The fourth-order valence-corrected chi connectivity index (χ4v) is 2.96. The number of nitrogens with zero attached hydrogens (tertiary/aromatic N) is 1. The molecule has 0 spiro atoms. The predicted octanol–water partition coefficient (Wildman–Crippen LogP) is 5.03. The number of nitrogens with one attached hydrogen (secondary N) is 1. The van der Waals surface area contributed by atoms with Gasteiger partial charge in [-0.1, -0.05) is 51.0 Å². The van der Waals surface area contributed by atoms with E-state index in [0.29, 0.717) is 0 Å². The molecule has 1 heterocycles. The smallest absolute Gasteiger partial charge is 0.0429 e. The van der Waals surface area contributed by atoms with Crippen LogP contribution in [0.2, 0.25) is 0 Å². The molecule has 0 saturated carbocycles. The van der Waals surface area contributed by atoms with Crippen LogP contribution in [0.4, 0.5) is 0 Å². The topological polar surface area (TPSA) is 15.3 Å². The van der Waals surface area contributed by atoms with Crippen molar-refractivity contribution in [3.8, 4) is 0 Å². The summed E-state index contributed by atoms with van der Waals surface area (Å²) in [6, 6.07) is 0. The largest absolute Gasteiger partial charge is 0.382 e. The molecule has 0 fully saturated rings. The van der Waals surface area contributed by atoms with Crippen LogP contribution < -0.4 is 5.32 Å². The van der Waals surface area contributed by atoms with Crippen LogP contribution in [0.1, 0.15) is 33.1 Å². The van der Waals surface area contributed by atoms with Gasteiger partial charge in [0.2, 0.25) is 0 Å². The van der Waals surface area contributed by atoms with Crippen LogP contribution in [0.5, 0.6) is 0 Å². The highest BCUT2D eigenvalue weighted by Gasteiger charge is 2.22. The average molecular weight is 322 g/mol. The first-order chi connectivity index (χ1) is 11.4. The third-order valence-electron chi connectivity index (χ3n) is 4.73. The second-order valence-electron chi connectivity index (χ2n) is 6.67. The molecule has 1 aliphatic carbocycles. The van der Waals surface area contributed by atoms with Gasteiger partial charge in [0.05, 0.1) is 0 Å². The van der Waals surface area contributed by atoms with Crippen LogP contribution in [0, 0.1) is 0 Å². The summed E-state index contributed by atoms with van der Waals surface area (Å²) in [7, 11) is 0. The monoisotopic (exact) mass is 322 g/mol. The molecule has 2 aliphatic rings. The second-order valence-corrected chi connectivity index (χ2v) is 6.67. The zero-order valence-electron chi connectivity index (χ0n) is 15.3. The number of rotatable bonds is 8. The molecule has 2 nitrogen and oxygen atoms in total. The predicted molar refractivity (Wildman–Crippen MR) is 106 cm³/mol. The van der Waals surface area contributed by atoms with Gasteiger partial charge in [-0.3, -0.25) is 0 Å². The Kier molecular flexibility index (Phi) is 6.08. The van der Waals surface area contributed by atoms with Crippen molar-refractivity contribution >= 4 is 0 Å². The molecule has 1 aliphatic heterocycles. The maximum Gasteiger partial charge on any atom is 0.0429 e. The van der Waals surface area contributed by atoms with Gasteiger partial charge in [-0.25, -0.2) is 0 Å². The van der Waals surface area contributed by atoms with Crippen molar-refractivity contribution in [1.29, 1.82) is 0 Å². The van der Waals surface area contributed by atoms with E-state index in [9.17, 15) is 0 Å². The number of hydrogen-bond acceptors (Lipinski definition) is 2. The lowest BCUT2D eigenvalue weighted by atomic mass is 9.93. The molecule has 1 N–H and O–H groups in total. The molecular formula is C22H30N2. The molecule has 0 radical (unpaired) electrons. The van der Waals surface area contributed by atoms with Crippen LogP contribution in [0.3, 0.4) is 0 Å². The van der Waals surface area contributed by atoms with Gasteiger partial charge in [0.25, 0.3) is 0 Å². The lowest BCUT2D eigenvalue weighted by Gasteiger charge is -2.36. The third-order valence-corrected chi connectivity index (χ3v) is 4.73. The van der Waals surface area contributed by atoms with Crippen LogP contribution in [0.15, 0.2) is 83.8 Å². The van der Waals surface area contributed by atoms with Gasteiger partial charge in [0.1, 0.15) is 0 Å². The first-order valence-electron chi connectivity index (χ1n) is 8.70. The molecule has 0 atom stereocenters. The molecule has 0 aromatic rings. The van der Waals surface area contributed by atoms with Crippen molar-refractivity contribution in [3.63, 3.8) is 0 Å². The molecule has 0 aromatic heterocycles. The Labute approximate surface area is 147 Å². The minimum atomic E-state index is 0.815. The Hall–Kier alpha value is -2.22. The summed E-state index contributed by atoms with van der Waals surface area (Å²) in [5.41, 5.74) is 8.68. The summed E-state index contributed by atoms with van der Waals surface area (Å²) in [4.78, 5) is 2.47. The summed E-state index contributed by atoms with van der Waals surface area (Å²) in [5, 5.41) is 3.37. The van der Waals surface area contributed by atoms with Crippen LogP contribution in [0.25, 0.3) is 0 Å². The number of hydrogen-bond donors (Lipinski definition) is 1. The lowest BCUT2D eigenvalue weighted by Crippen LogP contribution is -2.33. The van der Waals surface area contributed by atoms with Gasteiger partial charge in [0.15, 0.2) is 0 Å². The molecule has 0 amide bonds. The first kappa shape index (κ1) is 18.1. The average Bonchev–Trinajstić information content (AvgIpc) is 2.55. The fraction of sp³-hybridized carbons (Fsp3) is 0.364. The Morgan fingerprint density at radius 3 is 2.58 bits per heavy atom. The fourth-order valence-electron chi connectivity index (χ4n) is 2.96. The van der Waals surface area contributed by atoms with Gasteiger partial charge < -0.3 is 10.2 Å². The Bertz CT molecular complexity index is 655. The highest BCUT2D eigenvalue weighted by molar-refractivity contribution is 5.42. The zero-order valence-corrected chi connectivity index (χ0v) is 15.3. The van der Waals surface area contributed by atoms with E-state index in [1.165, 1.54) is 28.0 Å². The van der Waals surface area contributed by atoms with Crippen molar-refractivity contribution in [2.45, 2.75) is 33.1 Å². The van der Waals surface area contributed by atoms with Crippen molar-refractivity contribution in [2.75, 3.05) is 19.6 Å². The summed E-state index contributed by atoms with van der Waals surface area (Å²) >= 11 is 0. The summed E-state index contributed by atoms with van der Waals surface area (Å²) in [5.74, 6) is 0. The van der Waals surface area contributed by atoms with Gasteiger partial charge >= 0.3 is 0 Å². The summed E-state index contributed by atoms with van der Waals surface area (Å²) in [6.45, 7) is 23.0. The van der Waals surface area contributed by atoms with E-state index in [1.807, 2.05) is 13.0 Å². The quantitative estimate of drug-likeness (QED) is 0.630. The summed E-state index contributed by atoms with van der Waals surface area (Å²) < 4.78 is 0. The van der Waals surface area contributed by atoms with Crippen LogP contribution in [-0.4, -0.2) is 24.5 Å². The van der Waals surface area contributed by atoms with E-state index >= 15 is 0 Å². The van der Waals surface area contributed by atoms with E-state index in [0.717, 1.165) is 50.2 Å². The Morgan fingerprint density at radius 2 is 2.04 bits per heavy atom. The lowest BCUT2D eigenvalue weighted by molar-refractivity contribution is 0.347. The highest BCUT2D eigenvalue weighted by Crippen LogP contribution is 2.31. The molecule has 0 aromatic carbocycles. The van der Waals surface area contributed by atoms with Gasteiger partial charge in [-0.15, -0.1) is 0 Å². The molecular weight excluding hydrogens is 292 g/mol. The minimum Gasteiger partial charge on any atom is -0.382 e. The van der Waals surface area contributed by atoms with Gasteiger partial charge in [-0.05, 0) is 48.1 Å². The maximum absolute atomic E-state index is 4.01. The van der Waals surface area contributed by atoms with Gasteiger partial charge in [-0.2, -0.15) is 0 Å². The summed E-state index contributed by atoms with van der Waals surface area (Å²) in [6.07, 6.45) is 9.67. The van der Waals surface area contributed by atoms with E-state index in [-0.39, 0.29) is 0 Å². The number of allylic oxidation sites excluding steroid dienone is 4. The Balaban J connectivity index is 2.12. The van der Waals surface area contributed by atoms with Crippen LogP contribution >= 0.6 is 0 Å². The zero-order chi connectivity index (χ0) is 17.7. The van der Waals surface area contributed by atoms with Crippen LogP contribution in [-0.2, 0) is 0 Å². The third kappa shape index (κ3) is 4.41. The molecule has 0 saturated heterocycles. The normalized spacial score (nSPS) is 18.1. The molecule has 2 rings (SSSR count). The van der Waals surface area contributed by atoms with Crippen molar-refractivity contribution in [2.24, 2.45) is 0 Å². The molecule has 24 heavy (non-hydrogen) atoms. The second kappa shape index (κ2) is 8.05. The molecule has 0 bridgehead atoms. The minimum absolute atomic E-state index is 0.815. The van der Waals surface area contributed by atoms with Crippen molar-refractivity contribution in [3.05, 3.63) is 83.8 Å². The SMILES string of the molecule is C=CC1=C(/C=C(\CC)CNC(=C)C(=C)C)CN(C2=CC(=C)C2)CC1. The molecule has 0 unspecified atom stereocenters. The standard InChI is InChI=1S/C22H30N2/c1-7-19(14-23-18(6)16(3)4)13-21-15-24(10-9-20(21)8-2)22-11-17(5)12-22/h8,11,13,23H,2-3,5-7,9-10,12,14-15H2,1,4H3/b19-13+. The van der Waals surface area contributed by atoms with Crippen molar-refractivity contribution in [1.82, 2.24) is 10.2 Å². The van der Waals surface area contributed by atoms with E-state index in [2.05, 4.69) is 55.6 Å². The first-order valence-corrected chi connectivity index (χ1v) is 8.70.